The summed E-state index contributed by atoms with van der Waals surface area (Å²) < 4.78 is 5.48. The van der Waals surface area contributed by atoms with Crippen molar-refractivity contribution in [2.24, 2.45) is 0 Å². The Labute approximate surface area is 106 Å². The van der Waals surface area contributed by atoms with Crippen molar-refractivity contribution in [3.8, 4) is 0 Å². The second-order valence-electron chi connectivity index (χ2n) is 4.67. The highest BCUT2D eigenvalue weighted by molar-refractivity contribution is 5.44. The van der Waals surface area contributed by atoms with Gasteiger partial charge < -0.3 is 10.1 Å². The molecule has 0 aromatic heterocycles. The minimum Gasteiger partial charge on any atom is -0.377 e. The molecule has 5 heteroatoms. The van der Waals surface area contributed by atoms with Gasteiger partial charge in [0.25, 0.3) is 5.69 Å². The summed E-state index contributed by atoms with van der Waals surface area (Å²) in [5.41, 5.74) is 1.90. The van der Waals surface area contributed by atoms with E-state index >= 15 is 0 Å². The van der Waals surface area contributed by atoms with Gasteiger partial charge in [-0.2, -0.15) is 0 Å². The Hall–Kier alpha value is -1.46. The van der Waals surface area contributed by atoms with E-state index in [1.165, 1.54) is 0 Å². The van der Waals surface area contributed by atoms with Crippen molar-refractivity contribution in [1.82, 2.24) is 5.32 Å². The van der Waals surface area contributed by atoms with Crippen LogP contribution in [0.3, 0.4) is 0 Å². The van der Waals surface area contributed by atoms with Gasteiger partial charge in [-0.25, -0.2) is 0 Å². The molecular weight excluding hydrogens is 232 g/mol. The maximum absolute atomic E-state index is 10.9. The Morgan fingerprint density at radius 3 is 2.94 bits per heavy atom. The van der Waals surface area contributed by atoms with E-state index in [4.69, 9.17) is 4.74 Å². The molecule has 1 fully saturated rings. The fourth-order valence-corrected chi connectivity index (χ4v) is 2.30. The zero-order valence-corrected chi connectivity index (χ0v) is 10.7. The van der Waals surface area contributed by atoms with Crippen LogP contribution in [-0.2, 0) is 11.3 Å². The molecule has 18 heavy (non-hydrogen) atoms. The highest BCUT2D eigenvalue weighted by Gasteiger charge is 2.23. The van der Waals surface area contributed by atoms with E-state index < -0.39 is 0 Å². The first-order chi connectivity index (χ1) is 8.59. The van der Waals surface area contributed by atoms with Crippen LogP contribution in [0.2, 0.25) is 0 Å². The quantitative estimate of drug-likeness (QED) is 0.657. The molecular formula is C13H18N2O3. The summed E-state index contributed by atoms with van der Waals surface area (Å²) in [7, 11) is 0. The van der Waals surface area contributed by atoms with E-state index in [0.29, 0.717) is 12.6 Å². The molecule has 5 nitrogen and oxygen atoms in total. The molecule has 1 saturated heterocycles. The predicted molar refractivity (Wildman–Crippen MR) is 68.5 cm³/mol. The van der Waals surface area contributed by atoms with Crippen molar-refractivity contribution in [2.75, 3.05) is 6.61 Å². The van der Waals surface area contributed by atoms with Crippen LogP contribution in [0.5, 0.6) is 0 Å². The number of ether oxygens (including phenoxy) is 1. The predicted octanol–water partition coefficient (Wildman–Crippen LogP) is 2.17. The molecule has 98 valence electrons. The number of nitrogens with one attached hydrogen (secondary N) is 1. The number of rotatable bonds is 4. The highest BCUT2D eigenvalue weighted by atomic mass is 16.6. The zero-order chi connectivity index (χ0) is 13.1. The summed E-state index contributed by atoms with van der Waals surface area (Å²) in [5.74, 6) is 0. The molecule has 0 radical (unpaired) electrons. The van der Waals surface area contributed by atoms with Gasteiger partial charge in [0, 0.05) is 30.8 Å². The minimum atomic E-state index is -0.333. The van der Waals surface area contributed by atoms with Gasteiger partial charge in [-0.3, -0.25) is 10.1 Å². The zero-order valence-electron chi connectivity index (χ0n) is 10.7. The SMILES string of the molecule is Cc1c(CNC2CCOC2C)cccc1[N+](=O)[O-]. The fraction of sp³-hybridized carbons (Fsp3) is 0.538. The van der Waals surface area contributed by atoms with Crippen LogP contribution in [0, 0.1) is 17.0 Å². The van der Waals surface area contributed by atoms with Gasteiger partial charge in [0.1, 0.15) is 0 Å². The third-order valence-corrected chi connectivity index (χ3v) is 3.55. The lowest BCUT2D eigenvalue weighted by Crippen LogP contribution is -2.34. The lowest BCUT2D eigenvalue weighted by Gasteiger charge is -2.16. The van der Waals surface area contributed by atoms with Crippen LogP contribution < -0.4 is 5.32 Å². The molecule has 2 unspecified atom stereocenters. The number of nitro benzene ring substituents is 1. The third kappa shape index (κ3) is 2.68. The van der Waals surface area contributed by atoms with Crippen molar-refractivity contribution < 1.29 is 9.66 Å². The number of hydrogen-bond donors (Lipinski definition) is 1. The van der Waals surface area contributed by atoms with Gasteiger partial charge in [0.05, 0.1) is 11.0 Å². The number of nitro groups is 1. The average Bonchev–Trinajstić information content (AvgIpc) is 2.73. The van der Waals surface area contributed by atoms with E-state index in [1.807, 2.05) is 13.0 Å². The van der Waals surface area contributed by atoms with Gasteiger partial charge in [0.2, 0.25) is 0 Å². The molecule has 1 N–H and O–H groups in total. The first-order valence-electron chi connectivity index (χ1n) is 6.17. The topological polar surface area (TPSA) is 64.4 Å². The summed E-state index contributed by atoms with van der Waals surface area (Å²) in [6, 6.07) is 5.54. The normalized spacial score (nSPS) is 23.2. The standard InChI is InChI=1S/C13H18N2O3/c1-9-11(4-3-5-13(9)15(16)17)8-14-12-6-7-18-10(12)2/h3-5,10,12,14H,6-8H2,1-2H3. The van der Waals surface area contributed by atoms with Gasteiger partial charge in [0.15, 0.2) is 0 Å². The molecule has 0 saturated carbocycles. The smallest absolute Gasteiger partial charge is 0.272 e. The van der Waals surface area contributed by atoms with E-state index in [1.54, 1.807) is 19.1 Å². The number of nitrogens with zero attached hydrogens (tertiary/aromatic N) is 1. The summed E-state index contributed by atoms with van der Waals surface area (Å²) in [6.07, 6.45) is 1.21. The molecule has 0 aliphatic carbocycles. The Balaban J connectivity index is 2.05. The van der Waals surface area contributed by atoms with Crippen LogP contribution in [0.25, 0.3) is 0 Å². The van der Waals surface area contributed by atoms with Crippen molar-refractivity contribution in [3.63, 3.8) is 0 Å². The molecule has 1 aromatic carbocycles. The Bertz CT molecular complexity index is 448. The second kappa shape index (κ2) is 5.46. The van der Waals surface area contributed by atoms with Crippen molar-refractivity contribution in [1.29, 1.82) is 0 Å². The van der Waals surface area contributed by atoms with Crippen molar-refractivity contribution >= 4 is 5.69 Å². The van der Waals surface area contributed by atoms with E-state index in [-0.39, 0.29) is 16.7 Å². The maximum atomic E-state index is 10.9. The molecule has 1 aliphatic heterocycles. The number of hydrogen-bond acceptors (Lipinski definition) is 4. The molecule has 1 heterocycles. The molecule has 0 bridgehead atoms. The fourth-order valence-electron chi connectivity index (χ4n) is 2.30. The third-order valence-electron chi connectivity index (χ3n) is 3.55. The summed E-state index contributed by atoms with van der Waals surface area (Å²) in [4.78, 5) is 10.5. The maximum Gasteiger partial charge on any atom is 0.272 e. The monoisotopic (exact) mass is 250 g/mol. The van der Waals surface area contributed by atoms with Gasteiger partial charge >= 0.3 is 0 Å². The lowest BCUT2D eigenvalue weighted by molar-refractivity contribution is -0.385. The molecule has 2 rings (SSSR count). The summed E-state index contributed by atoms with van der Waals surface area (Å²) in [5, 5.41) is 14.3. The molecule has 2 atom stereocenters. The van der Waals surface area contributed by atoms with Crippen LogP contribution in [0.1, 0.15) is 24.5 Å². The van der Waals surface area contributed by atoms with E-state index in [9.17, 15) is 10.1 Å². The molecule has 0 spiro atoms. The Morgan fingerprint density at radius 2 is 2.33 bits per heavy atom. The van der Waals surface area contributed by atoms with Crippen LogP contribution in [-0.4, -0.2) is 23.7 Å². The summed E-state index contributed by atoms with van der Waals surface area (Å²) in [6.45, 7) is 5.27. The molecule has 1 aliphatic rings. The number of benzene rings is 1. The lowest BCUT2D eigenvalue weighted by atomic mass is 10.1. The Kier molecular flexibility index (Phi) is 3.93. The largest absolute Gasteiger partial charge is 0.377 e. The van der Waals surface area contributed by atoms with E-state index in [0.717, 1.165) is 24.2 Å². The van der Waals surface area contributed by atoms with Crippen molar-refractivity contribution in [2.45, 2.75) is 39.0 Å². The van der Waals surface area contributed by atoms with Crippen LogP contribution >= 0.6 is 0 Å². The van der Waals surface area contributed by atoms with Gasteiger partial charge in [-0.15, -0.1) is 0 Å². The second-order valence-corrected chi connectivity index (χ2v) is 4.67. The van der Waals surface area contributed by atoms with E-state index in [2.05, 4.69) is 5.32 Å². The highest BCUT2D eigenvalue weighted by Crippen LogP contribution is 2.21. The first-order valence-corrected chi connectivity index (χ1v) is 6.17. The molecule has 0 amide bonds. The Morgan fingerprint density at radius 1 is 1.56 bits per heavy atom. The minimum absolute atomic E-state index is 0.185. The van der Waals surface area contributed by atoms with Gasteiger partial charge in [-0.05, 0) is 25.8 Å². The average molecular weight is 250 g/mol. The summed E-state index contributed by atoms with van der Waals surface area (Å²) >= 11 is 0. The van der Waals surface area contributed by atoms with Crippen molar-refractivity contribution in [3.05, 3.63) is 39.4 Å². The van der Waals surface area contributed by atoms with Crippen LogP contribution in [0.15, 0.2) is 18.2 Å². The van der Waals surface area contributed by atoms with Gasteiger partial charge in [-0.1, -0.05) is 12.1 Å². The first kappa shape index (κ1) is 13.0. The van der Waals surface area contributed by atoms with Crippen LogP contribution in [0.4, 0.5) is 5.69 Å². The molecule has 1 aromatic rings.